The van der Waals surface area contributed by atoms with Crippen LogP contribution in [-0.2, 0) is 14.3 Å². The molecule has 0 aliphatic carbocycles. The van der Waals surface area contributed by atoms with Crippen LogP contribution in [0.4, 0.5) is 0 Å². The summed E-state index contributed by atoms with van der Waals surface area (Å²) in [5, 5.41) is 0.285. The van der Waals surface area contributed by atoms with Gasteiger partial charge in [0.1, 0.15) is 5.78 Å². The first-order chi connectivity index (χ1) is 5.44. The van der Waals surface area contributed by atoms with E-state index in [1.54, 1.807) is 13.8 Å². The predicted molar refractivity (Wildman–Crippen MR) is 49.2 cm³/mol. The minimum Gasteiger partial charge on any atom is -0.469 e. The van der Waals surface area contributed by atoms with E-state index < -0.39 is 5.41 Å². The normalized spacial score (nSPS) is 11.0. The van der Waals surface area contributed by atoms with E-state index in [1.807, 2.05) is 0 Å². The van der Waals surface area contributed by atoms with Gasteiger partial charge in [0.25, 0.3) is 0 Å². The van der Waals surface area contributed by atoms with Gasteiger partial charge >= 0.3 is 5.97 Å². The van der Waals surface area contributed by atoms with Crippen LogP contribution in [0.25, 0.3) is 0 Å². The molecule has 4 heteroatoms. The summed E-state index contributed by atoms with van der Waals surface area (Å²) >= 11 is 3.04. The second-order valence-corrected chi connectivity index (χ2v) is 3.79. The number of carbonyl (C=O) groups is 2. The van der Waals surface area contributed by atoms with Gasteiger partial charge in [0.2, 0.25) is 0 Å². The van der Waals surface area contributed by atoms with Crippen LogP contribution in [0.2, 0.25) is 0 Å². The lowest BCUT2D eigenvalue weighted by molar-refractivity contribution is -0.152. The van der Waals surface area contributed by atoms with Crippen molar-refractivity contribution in [2.24, 2.45) is 5.41 Å². The Balaban J connectivity index is 4.21. The van der Waals surface area contributed by atoms with Gasteiger partial charge in [-0.3, -0.25) is 9.59 Å². The number of rotatable bonds is 4. The topological polar surface area (TPSA) is 43.4 Å². The number of methoxy groups -OCH3 is 1. The Bertz CT molecular complexity index is 187. The molecule has 0 aromatic heterocycles. The van der Waals surface area contributed by atoms with Crippen molar-refractivity contribution < 1.29 is 14.3 Å². The van der Waals surface area contributed by atoms with Gasteiger partial charge in [-0.15, -0.1) is 0 Å². The largest absolute Gasteiger partial charge is 0.469 e. The standard InChI is InChI=1S/C8H13BrO3/c1-8(2,7(11)12-3)4-6(10)5-9/h4-5H2,1-3H3. The number of ether oxygens (including phenoxy) is 1. The monoisotopic (exact) mass is 236 g/mol. The van der Waals surface area contributed by atoms with Gasteiger partial charge in [-0.2, -0.15) is 0 Å². The van der Waals surface area contributed by atoms with E-state index >= 15 is 0 Å². The zero-order valence-electron chi connectivity index (χ0n) is 7.52. The molecule has 0 aromatic rings. The summed E-state index contributed by atoms with van der Waals surface area (Å²) in [6.07, 6.45) is 0.213. The van der Waals surface area contributed by atoms with Gasteiger partial charge in [-0.05, 0) is 13.8 Å². The van der Waals surface area contributed by atoms with Gasteiger partial charge in [0, 0.05) is 6.42 Å². The molecule has 0 saturated heterocycles. The lowest BCUT2D eigenvalue weighted by Gasteiger charge is -2.19. The van der Waals surface area contributed by atoms with Crippen molar-refractivity contribution in [1.29, 1.82) is 0 Å². The molecule has 70 valence electrons. The van der Waals surface area contributed by atoms with Crippen molar-refractivity contribution in [3.05, 3.63) is 0 Å². The Hall–Kier alpha value is -0.380. The Morgan fingerprint density at radius 1 is 1.42 bits per heavy atom. The molecule has 0 spiro atoms. The van der Waals surface area contributed by atoms with E-state index in [1.165, 1.54) is 7.11 Å². The van der Waals surface area contributed by atoms with Gasteiger partial charge in [0.05, 0.1) is 17.9 Å². The maximum Gasteiger partial charge on any atom is 0.311 e. The summed E-state index contributed by atoms with van der Waals surface area (Å²) in [6, 6.07) is 0. The molecule has 0 unspecified atom stereocenters. The third-order valence-electron chi connectivity index (χ3n) is 1.53. The molecule has 0 aromatic carbocycles. The van der Waals surface area contributed by atoms with Gasteiger partial charge < -0.3 is 4.74 Å². The molecule has 0 heterocycles. The second-order valence-electron chi connectivity index (χ2n) is 3.22. The van der Waals surface area contributed by atoms with Crippen LogP contribution < -0.4 is 0 Å². The van der Waals surface area contributed by atoms with Crippen LogP contribution >= 0.6 is 15.9 Å². The number of hydrogen-bond acceptors (Lipinski definition) is 3. The highest BCUT2D eigenvalue weighted by Crippen LogP contribution is 2.22. The first-order valence-electron chi connectivity index (χ1n) is 3.60. The molecule has 0 saturated carbocycles. The zero-order valence-corrected chi connectivity index (χ0v) is 9.10. The van der Waals surface area contributed by atoms with Crippen molar-refractivity contribution >= 4 is 27.7 Å². The van der Waals surface area contributed by atoms with E-state index in [9.17, 15) is 9.59 Å². The van der Waals surface area contributed by atoms with Crippen molar-refractivity contribution in [3.63, 3.8) is 0 Å². The van der Waals surface area contributed by atoms with Crippen LogP contribution in [0, 0.1) is 5.41 Å². The van der Waals surface area contributed by atoms with Gasteiger partial charge in [-0.1, -0.05) is 15.9 Å². The maximum atomic E-state index is 11.1. The molecule has 0 amide bonds. The number of Topliss-reactive ketones (excluding diaryl/α,β-unsaturated/α-hetero) is 1. The minimum absolute atomic E-state index is 0.00500. The maximum absolute atomic E-state index is 11.1. The highest BCUT2D eigenvalue weighted by Gasteiger charge is 2.30. The Labute approximate surface area is 80.6 Å². The number of halogens is 1. The summed E-state index contributed by atoms with van der Waals surface area (Å²) in [5.74, 6) is -0.345. The van der Waals surface area contributed by atoms with Crippen molar-refractivity contribution in [1.82, 2.24) is 0 Å². The Morgan fingerprint density at radius 2 is 1.92 bits per heavy atom. The number of carbonyl (C=O) groups excluding carboxylic acids is 2. The van der Waals surface area contributed by atoms with Crippen LogP contribution in [-0.4, -0.2) is 24.2 Å². The summed E-state index contributed by atoms with van der Waals surface area (Å²) in [5.41, 5.74) is -0.709. The molecule has 0 aliphatic rings. The minimum atomic E-state index is -0.709. The molecular weight excluding hydrogens is 224 g/mol. The highest BCUT2D eigenvalue weighted by atomic mass is 79.9. The second kappa shape index (κ2) is 4.60. The quantitative estimate of drug-likeness (QED) is 0.550. The van der Waals surface area contributed by atoms with Crippen molar-refractivity contribution in [2.75, 3.05) is 12.4 Å². The Morgan fingerprint density at radius 3 is 2.25 bits per heavy atom. The number of alkyl halides is 1. The molecule has 0 rings (SSSR count). The SMILES string of the molecule is COC(=O)C(C)(C)CC(=O)CBr. The molecule has 0 aliphatic heterocycles. The summed E-state index contributed by atoms with van der Waals surface area (Å²) in [7, 11) is 1.32. The van der Waals surface area contributed by atoms with E-state index in [0.29, 0.717) is 0 Å². The summed E-state index contributed by atoms with van der Waals surface area (Å²) < 4.78 is 4.55. The zero-order chi connectivity index (χ0) is 9.78. The first kappa shape index (κ1) is 11.6. The van der Waals surface area contributed by atoms with Crippen LogP contribution in [0.1, 0.15) is 20.3 Å². The third-order valence-corrected chi connectivity index (χ3v) is 2.15. The fourth-order valence-electron chi connectivity index (χ4n) is 0.889. The number of ketones is 1. The van der Waals surface area contributed by atoms with Gasteiger partial charge in [0.15, 0.2) is 0 Å². The molecule has 0 bridgehead atoms. The molecule has 3 nitrogen and oxygen atoms in total. The van der Waals surface area contributed by atoms with Crippen LogP contribution in [0.15, 0.2) is 0 Å². The van der Waals surface area contributed by atoms with E-state index in [4.69, 9.17) is 0 Å². The summed E-state index contributed by atoms with van der Waals surface area (Å²) in [4.78, 5) is 22.1. The van der Waals surface area contributed by atoms with E-state index in [-0.39, 0.29) is 23.5 Å². The van der Waals surface area contributed by atoms with E-state index in [0.717, 1.165) is 0 Å². The number of esters is 1. The smallest absolute Gasteiger partial charge is 0.311 e. The van der Waals surface area contributed by atoms with Crippen molar-refractivity contribution in [3.8, 4) is 0 Å². The molecule has 0 atom stereocenters. The fraction of sp³-hybridized carbons (Fsp3) is 0.750. The molecule has 12 heavy (non-hydrogen) atoms. The Kier molecular flexibility index (Phi) is 4.45. The average Bonchev–Trinajstić information content (AvgIpc) is 2.02. The van der Waals surface area contributed by atoms with Crippen LogP contribution in [0.3, 0.4) is 0 Å². The average molecular weight is 237 g/mol. The third kappa shape index (κ3) is 3.34. The molecular formula is C8H13BrO3. The summed E-state index contributed by atoms with van der Waals surface area (Å²) in [6.45, 7) is 3.39. The fourth-order valence-corrected chi connectivity index (χ4v) is 1.09. The lowest BCUT2D eigenvalue weighted by atomic mass is 9.88. The van der Waals surface area contributed by atoms with Crippen molar-refractivity contribution in [2.45, 2.75) is 20.3 Å². The van der Waals surface area contributed by atoms with Gasteiger partial charge in [-0.25, -0.2) is 0 Å². The molecule has 0 fully saturated rings. The lowest BCUT2D eigenvalue weighted by Crippen LogP contribution is -2.28. The highest BCUT2D eigenvalue weighted by molar-refractivity contribution is 9.09. The molecule has 0 radical (unpaired) electrons. The number of hydrogen-bond donors (Lipinski definition) is 0. The van der Waals surface area contributed by atoms with Crippen LogP contribution in [0.5, 0.6) is 0 Å². The first-order valence-corrected chi connectivity index (χ1v) is 4.72. The predicted octanol–water partition coefficient (Wildman–Crippen LogP) is 1.54. The molecule has 0 N–H and O–H groups in total. The van der Waals surface area contributed by atoms with E-state index in [2.05, 4.69) is 20.7 Å².